The fourth-order valence-electron chi connectivity index (χ4n) is 2.16. The molecule has 1 aromatic heterocycles. The zero-order chi connectivity index (χ0) is 11.3. The predicted molar refractivity (Wildman–Crippen MR) is 58.1 cm³/mol. The van der Waals surface area contributed by atoms with Crippen LogP contribution >= 0.6 is 11.3 Å². The van der Waals surface area contributed by atoms with Crippen molar-refractivity contribution in [3.63, 3.8) is 0 Å². The first-order chi connectivity index (χ1) is 6.93. The monoisotopic (exact) mass is 227 g/mol. The highest BCUT2D eigenvalue weighted by atomic mass is 32.1. The number of thiophene rings is 1. The molecule has 0 radical (unpaired) electrons. The maximum Gasteiger partial charge on any atom is 0.324 e. The van der Waals surface area contributed by atoms with Gasteiger partial charge >= 0.3 is 5.00 Å². The van der Waals surface area contributed by atoms with Gasteiger partial charge in [-0.25, -0.2) is 0 Å². The number of rotatable bonds is 3. The normalized spacial score (nSPS) is 27.7. The van der Waals surface area contributed by atoms with Gasteiger partial charge in [-0.15, -0.1) is 0 Å². The van der Waals surface area contributed by atoms with Crippen molar-refractivity contribution in [2.45, 2.75) is 25.7 Å². The molecule has 0 aromatic carbocycles. The molecule has 1 saturated carbocycles. The SMILES string of the molecule is CC1(C)CC1(CO)c1ccc([N+](=O)[O-])s1. The molecule has 15 heavy (non-hydrogen) atoms. The highest BCUT2D eigenvalue weighted by Crippen LogP contribution is 2.65. The average molecular weight is 227 g/mol. The molecule has 0 bridgehead atoms. The number of hydrogen-bond acceptors (Lipinski definition) is 4. The molecule has 5 heteroatoms. The summed E-state index contributed by atoms with van der Waals surface area (Å²) >= 11 is 1.18. The Balaban J connectivity index is 2.34. The van der Waals surface area contributed by atoms with Crippen LogP contribution in [0.25, 0.3) is 0 Å². The van der Waals surface area contributed by atoms with E-state index in [1.54, 1.807) is 6.07 Å². The van der Waals surface area contributed by atoms with E-state index in [9.17, 15) is 15.2 Å². The van der Waals surface area contributed by atoms with Crippen molar-refractivity contribution >= 4 is 16.3 Å². The van der Waals surface area contributed by atoms with Gasteiger partial charge in [0.25, 0.3) is 0 Å². The van der Waals surface area contributed by atoms with Gasteiger partial charge in [0.15, 0.2) is 0 Å². The number of aliphatic hydroxyl groups is 1. The fourth-order valence-corrected chi connectivity index (χ4v) is 3.34. The zero-order valence-corrected chi connectivity index (χ0v) is 9.50. The summed E-state index contributed by atoms with van der Waals surface area (Å²) in [4.78, 5) is 11.1. The fraction of sp³-hybridized carbons (Fsp3) is 0.600. The van der Waals surface area contributed by atoms with Crippen LogP contribution in [0.4, 0.5) is 5.00 Å². The molecule has 0 aliphatic heterocycles. The number of aliphatic hydroxyl groups excluding tert-OH is 1. The second-order valence-electron chi connectivity index (χ2n) is 4.70. The summed E-state index contributed by atoms with van der Waals surface area (Å²) in [6.07, 6.45) is 0.897. The highest BCUT2D eigenvalue weighted by molar-refractivity contribution is 7.15. The number of nitro groups is 1. The van der Waals surface area contributed by atoms with Gasteiger partial charge in [-0.05, 0) is 17.9 Å². The first-order valence-corrected chi connectivity index (χ1v) is 5.60. The van der Waals surface area contributed by atoms with Crippen molar-refractivity contribution in [1.29, 1.82) is 0 Å². The molecule has 1 N–H and O–H groups in total. The van der Waals surface area contributed by atoms with E-state index in [2.05, 4.69) is 13.8 Å². The molecule has 0 saturated heterocycles. The molecular formula is C10H13NO3S. The van der Waals surface area contributed by atoms with E-state index in [1.165, 1.54) is 17.4 Å². The molecule has 1 heterocycles. The van der Waals surface area contributed by atoms with Crippen molar-refractivity contribution in [2.75, 3.05) is 6.61 Å². The van der Waals surface area contributed by atoms with E-state index in [0.717, 1.165) is 11.3 Å². The van der Waals surface area contributed by atoms with Crippen LogP contribution in [-0.2, 0) is 5.41 Å². The highest BCUT2D eigenvalue weighted by Gasteiger charge is 2.62. The first kappa shape index (κ1) is 10.6. The van der Waals surface area contributed by atoms with E-state index >= 15 is 0 Å². The second-order valence-corrected chi connectivity index (χ2v) is 5.76. The summed E-state index contributed by atoms with van der Waals surface area (Å²) in [5, 5.41) is 20.1. The smallest absolute Gasteiger partial charge is 0.324 e. The third-order valence-electron chi connectivity index (χ3n) is 3.43. The van der Waals surface area contributed by atoms with Crippen LogP contribution in [0.3, 0.4) is 0 Å². The standard InChI is InChI=1S/C10H13NO3S/c1-9(2)5-10(9,6-12)7-3-4-8(15-7)11(13)14/h3-4,12H,5-6H2,1-2H3. The maximum atomic E-state index is 10.6. The summed E-state index contributed by atoms with van der Waals surface area (Å²) < 4.78 is 0. The van der Waals surface area contributed by atoms with Crippen molar-refractivity contribution in [2.24, 2.45) is 5.41 Å². The Kier molecular flexibility index (Phi) is 2.13. The Hall–Kier alpha value is -0.940. The lowest BCUT2D eigenvalue weighted by Gasteiger charge is -2.14. The predicted octanol–water partition coefficient (Wildman–Crippen LogP) is 2.32. The second kappa shape index (κ2) is 3.02. The maximum absolute atomic E-state index is 10.6. The summed E-state index contributed by atoms with van der Waals surface area (Å²) in [6.45, 7) is 4.22. The molecule has 82 valence electrons. The van der Waals surface area contributed by atoms with Gasteiger partial charge < -0.3 is 5.11 Å². The van der Waals surface area contributed by atoms with Gasteiger partial charge in [0.2, 0.25) is 0 Å². The minimum absolute atomic E-state index is 0.0560. The van der Waals surface area contributed by atoms with Crippen molar-refractivity contribution < 1.29 is 10.0 Å². The van der Waals surface area contributed by atoms with Crippen molar-refractivity contribution in [3.05, 3.63) is 27.1 Å². The number of nitrogens with zero attached hydrogens (tertiary/aromatic N) is 1. The van der Waals surface area contributed by atoms with Gasteiger partial charge in [0.05, 0.1) is 11.5 Å². The Labute approximate surface area is 91.7 Å². The molecule has 0 amide bonds. The van der Waals surface area contributed by atoms with Crippen molar-refractivity contribution in [1.82, 2.24) is 0 Å². The lowest BCUT2D eigenvalue weighted by molar-refractivity contribution is -0.380. The largest absolute Gasteiger partial charge is 0.395 e. The third kappa shape index (κ3) is 1.38. The molecule has 1 aliphatic rings. The molecule has 1 unspecified atom stereocenters. The van der Waals surface area contributed by atoms with Crippen LogP contribution in [0, 0.1) is 15.5 Å². The Morgan fingerprint density at radius 2 is 2.20 bits per heavy atom. The summed E-state index contributed by atoms with van der Waals surface area (Å²) in [5.41, 5.74) is -0.188. The van der Waals surface area contributed by atoms with Crippen LogP contribution in [0.2, 0.25) is 0 Å². The lowest BCUT2D eigenvalue weighted by atomic mass is 9.95. The third-order valence-corrected chi connectivity index (χ3v) is 4.67. The molecular weight excluding hydrogens is 214 g/mol. The summed E-state index contributed by atoms with van der Waals surface area (Å²) in [7, 11) is 0. The Morgan fingerprint density at radius 3 is 2.53 bits per heavy atom. The zero-order valence-electron chi connectivity index (χ0n) is 8.69. The van der Waals surface area contributed by atoms with Crippen LogP contribution in [0.15, 0.2) is 12.1 Å². The Morgan fingerprint density at radius 1 is 1.60 bits per heavy atom. The van der Waals surface area contributed by atoms with Gasteiger partial charge in [-0.1, -0.05) is 25.2 Å². The molecule has 1 aliphatic carbocycles. The molecule has 1 aromatic rings. The first-order valence-electron chi connectivity index (χ1n) is 4.78. The summed E-state index contributed by atoms with van der Waals surface area (Å²) in [6, 6.07) is 3.29. The Bertz CT molecular complexity index is 413. The van der Waals surface area contributed by atoms with E-state index in [1.807, 2.05) is 0 Å². The lowest BCUT2D eigenvalue weighted by Crippen LogP contribution is -2.17. The van der Waals surface area contributed by atoms with Crippen LogP contribution in [-0.4, -0.2) is 16.6 Å². The van der Waals surface area contributed by atoms with Gasteiger partial charge in [-0.2, -0.15) is 0 Å². The van der Waals surface area contributed by atoms with Crippen LogP contribution in [0.1, 0.15) is 25.1 Å². The minimum atomic E-state index is -0.380. The summed E-state index contributed by atoms with van der Waals surface area (Å²) in [5.74, 6) is 0. The average Bonchev–Trinajstić information content (AvgIpc) is 2.59. The quantitative estimate of drug-likeness (QED) is 0.636. The van der Waals surface area contributed by atoms with Gasteiger partial charge in [0.1, 0.15) is 0 Å². The van der Waals surface area contributed by atoms with Crippen LogP contribution < -0.4 is 0 Å². The molecule has 2 rings (SSSR count). The molecule has 1 fully saturated rings. The van der Waals surface area contributed by atoms with Crippen LogP contribution in [0.5, 0.6) is 0 Å². The van der Waals surface area contributed by atoms with E-state index in [0.29, 0.717) is 0 Å². The van der Waals surface area contributed by atoms with E-state index in [-0.39, 0.29) is 27.4 Å². The van der Waals surface area contributed by atoms with E-state index in [4.69, 9.17) is 0 Å². The number of hydrogen-bond donors (Lipinski definition) is 1. The van der Waals surface area contributed by atoms with Gasteiger partial charge in [-0.3, -0.25) is 10.1 Å². The molecule has 0 spiro atoms. The molecule has 4 nitrogen and oxygen atoms in total. The minimum Gasteiger partial charge on any atom is -0.395 e. The topological polar surface area (TPSA) is 63.4 Å². The van der Waals surface area contributed by atoms with Gasteiger partial charge in [0, 0.05) is 16.4 Å². The molecule has 1 atom stereocenters. The van der Waals surface area contributed by atoms with Crippen molar-refractivity contribution in [3.8, 4) is 0 Å². The van der Waals surface area contributed by atoms with E-state index < -0.39 is 0 Å².